The van der Waals surface area contributed by atoms with Gasteiger partial charge in [0, 0.05) is 20.1 Å². The molecule has 3 rings (SSSR count). The van der Waals surface area contributed by atoms with Gasteiger partial charge in [-0.25, -0.2) is 8.42 Å². The predicted molar refractivity (Wildman–Crippen MR) is 125 cm³/mol. The Morgan fingerprint density at radius 2 is 1.68 bits per heavy atom. The average molecular weight is 458 g/mol. The molecular weight excluding hydrogens is 430 g/mol. The minimum absolute atomic E-state index is 0.228. The van der Waals surface area contributed by atoms with Crippen LogP contribution in [-0.2, 0) is 27.9 Å². The second kappa shape index (κ2) is 10.2. The Bertz CT molecular complexity index is 1110. The molecule has 0 aliphatic carbocycles. The summed E-state index contributed by atoms with van der Waals surface area (Å²) in [7, 11) is 1.84. The summed E-state index contributed by atoms with van der Waals surface area (Å²) < 4.78 is 26.3. The first-order valence-electron chi connectivity index (χ1n) is 9.86. The van der Waals surface area contributed by atoms with Crippen molar-refractivity contribution in [3.8, 4) is 11.1 Å². The summed E-state index contributed by atoms with van der Waals surface area (Å²) in [5.74, 6) is -0.348. The van der Waals surface area contributed by atoms with Crippen LogP contribution in [0.15, 0.2) is 70.3 Å². The Hall–Kier alpha value is -2.52. The standard InChI is InChI=1S/C23H27N3O3S2/c1-25(2)16-18-10-12-19(13-11-18)21-8-5-4-7-20(21)15-24-22(27)17-26(3)31(28,29)23-9-6-14-30-23/h4-14H,15-17H2,1-3H3,(H,24,27). The van der Waals surface area contributed by atoms with Crippen LogP contribution in [0.3, 0.4) is 0 Å². The first kappa shape index (κ1) is 23.1. The molecule has 0 atom stereocenters. The summed E-state index contributed by atoms with van der Waals surface area (Å²) in [5.41, 5.74) is 4.32. The van der Waals surface area contributed by atoms with Crippen molar-refractivity contribution < 1.29 is 13.2 Å². The molecule has 0 aliphatic heterocycles. The van der Waals surface area contributed by atoms with Gasteiger partial charge in [-0.05, 0) is 47.8 Å². The molecule has 0 saturated heterocycles. The normalized spacial score (nSPS) is 11.8. The summed E-state index contributed by atoms with van der Waals surface area (Å²) in [6.45, 7) is 0.961. The van der Waals surface area contributed by atoms with E-state index in [0.717, 1.165) is 38.9 Å². The lowest BCUT2D eigenvalue weighted by Gasteiger charge is -2.16. The summed E-state index contributed by atoms with van der Waals surface area (Å²) in [4.78, 5) is 14.5. The highest BCUT2D eigenvalue weighted by atomic mass is 32.2. The summed E-state index contributed by atoms with van der Waals surface area (Å²) >= 11 is 1.14. The van der Waals surface area contributed by atoms with E-state index in [2.05, 4.69) is 34.5 Å². The molecule has 0 aliphatic rings. The van der Waals surface area contributed by atoms with Crippen LogP contribution in [0.1, 0.15) is 11.1 Å². The molecule has 31 heavy (non-hydrogen) atoms. The van der Waals surface area contributed by atoms with Crippen molar-refractivity contribution in [2.24, 2.45) is 0 Å². The van der Waals surface area contributed by atoms with Crippen LogP contribution in [0.25, 0.3) is 11.1 Å². The fraction of sp³-hybridized carbons (Fsp3) is 0.261. The highest BCUT2D eigenvalue weighted by Gasteiger charge is 2.23. The van der Waals surface area contributed by atoms with Gasteiger partial charge in [-0.15, -0.1) is 11.3 Å². The second-order valence-electron chi connectivity index (χ2n) is 7.56. The first-order chi connectivity index (χ1) is 14.8. The molecule has 1 aromatic heterocycles. The molecule has 1 amide bonds. The van der Waals surface area contributed by atoms with Gasteiger partial charge in [0.15, 0.2) is 0 Å². The third kappa shape index (κ3) is 6.01. The molecule has 2 aromatic carbocycles. The zero-order valence-corrected chi connectivity index (χ0v) is 19.5. The smallest absolute Gasteiger partial charge is 0.252 e. The van der Waals surface area contributed by atoms with Gasteiger partial charge in [0.25, 0.3) is 10.0 Å². The van der Waals surface area contributed by atoms with Gasteiger partial charge in [-0.1, -0.05) is 54.6 Å². The van der Waals surface area contributed by atoms with Gasteiger partial charge >= 0.3 is 0 Å². The number of rotatable bonds is 9. The van der Waals surface area contributed by atoms with Crippen molar-refractivity contribution in [2.45, 2.75) is 17.3 Å². The van der Waals surface area contributed by atoms with Crippen molar-refractivity contribution in [3.05, 3.63) is 77.2 Å². The van der Waals surface area contributed by atoms with E-state index in [4.69, 9.17) is 0 Å². The number of nitrogens with one attached hydrogen (secondary N) is 1. The minimum atomic E-state index is -3.65. The molecule has 0 unspecified atom stereocenters. The fourth-order valence-corrected chi connectivity index (χ4v) is 5.54. The number of thiophene rings is 1. The van der Waals surface area contributed by atoms with Crippen LogP contribution in [-0.4, -0.2) is 51.2 Å². The maximum Gasteiger partial charge on any atom is 0.252 e. The van der Waals surface area contributed by atoms with Gasteiger partial charge in [0.05, 0.1) is 6.54 Å². The van der Waals surface area contributed by atoms with Crippen molar-refractivity contribution in [2.75, 3.05) is 27.7 Å². The number of sulfonamides is 1. The van der Waals surface area contributed by atoms with E-state index in [1.165, 1.54) is 18.7 Å². The van der Waals surface area contributed by atoms with E-state index in [1.807, 2.05) is 38.4 Å². The van der Waals surface area contributed by atoms with E-state index in [0.29, 0.717) is 6.54 Å². The zero-order chi connectivity index (χ0) is 22.4. The quantitative estimate of drug-likeness (QED) is 0.535. The van der Waals surface area contributed by atoms with E-state index in [1.54, 1.807) is 11.4 Å². The van der Waals surface area contributed by atoms with Crippen LogP contribution >= 0.6 is 11.3 Å². The molecule has 8 heteroatoms. The highest BCUT2D eigenvalue weighted by molar-refractivity contribution is 7.91. The van der Waals surface area contributed by atoms with Gasteiger partial charge in [0.1, 0.15) is 4.21 Å². The van der Waals surface area contributed by atoms with Crippen LogP contribution in [0.5, 0.6) is 0 Å². The molecule has 0 bridgehead atoms. The maximum atomic E-state index is 12.5. The summed E-state index contributed by atoms with van der Waals surface area (Å²) in [5, 5.41) is 4.55. The minimum Gasteiger partial charge on any atom is -0.351 e. The fourth-order valence-electron chi connectivity index (χ4n) is 3.21. The lowest BCUT2D eigenvalue weighted by Crippen LogP contribution is -2.37. The van der Waals surface area contributed by atoms with Crippen molar-refractivity contribution in [1.82, 2.24) is 14.5 Å². The third-order valence-electron chi connectivity index (χ3n) is 4.78. The van der Waals surface area contributed by atoms with Gasteiger partial charge in [-0.3, -0.25) is 4.79 Å². The van der Waals surface area contributed by atoms with Crippen LogP contribution in [0, 0.1) is 0 Å². The van der Waals surface area contributed by atoms with Gasteiger partial charge in [0.2, 0.25) is 5.91 Å². The van der Waals surface area contributed by atoms with Gasteiger partial charge in [-0.2, -0.15) is 4.31 Å². The van der Waals surface area contributed by atoms with E-state index in [-0.39, 0.29) is 16.7 Å². The van der Waals surface area contributed by atoms with Crippen molar-refractivity contribution in [3.63, 3.8) is 0 Å². The molecule has 1 N–H and O–H groups in total. The topological polar surface area (TPSA) is 69.7 Å². The lowest BCUT2D eigenvalue weighted by atomic mass is 9.98. The Kier molecular flexibility index (Phi) is 7.61. The molecule has 0 radical (unpaired) electrons. The van der Waals surface area contributed by atoms with Crippen LogP contribution in [0.2, 0.25) is 0 Å². The molecular formula is C23H27N3O3S2. The SMILES string of the molecule is CN(C)Cc1ccc(-c2ccccc2CNC(=O)CN(C)S(=O)(=O)c2cccs2)cc1. The number of nitrogens with zero attached hydrogens (tertiary/aromatic N) is 2. The predicted octanol–water partition coefficient (Wildman–Crippen LogP) is 3.41. The third-order valence-corrected chi connectivity index (χ3v) is 7.96. The number of likely N-dealkylation sites (N-methyl/N-ethyl adjacent to an activating group) is 1. The number of amides is 1. The molecule has 0 spiro atoms. The Balaban J connectivity index is 1.65. The Labute approximate surface area is 188 Å². The molecule has 0 fully saturated rings. The molecule has 164 valence electrons. The second-order valence-corrected chi connectivity index (χ2v) is 10.8. The van der Waals surface area contributed by atoms with E-state index in [9.17, 15) is 13.2 Å². The monoisotopic (exact) mass is 457 g/mol. The molecule has 0 saturated carbocycles. The molecule has 6 nitrogen and oxygen atoms in total. The van der Waals surface area contributed by atoms with Crippen LogP contribution < -0.4 is 5.32 Å². The van der Waals surface area contributed by atoms with Crippen molar-refractivity contribution in [1.29, 1.82) is 0 Å². The van der Waals surface area contributed by atoms with E-state index < -0.39 is 10.0 Å². The number of benzene rings is 2. The molecule has 1 heterocycles. The molecule has 3 aromatic rings. The lowest BCUT2D eigenvalue weighted by molar-refractivity contribution is -0.121. The highest BCUT2D eigenvalue weighted by Crippen LogP contribution is 2.24. The summed E-state index contributed by atoms with van der Waals surface area (Å²) in [6, 6.07) is 19.5. The summed E-state index contributed by atoms with van der Waals surface area (Å²) in [6.07, 6.45) is 0. The van der Waals surface area contributed by atoms with E-state index >= 15 is 0 Å². The number of hydrogen-bond acceptors (Lipinski definition) is 5. The zero-order valence-electron chi connectivity index (χ0n) is 17.9. The number of carbonyl (C=O) groups excluding carboxylic acids is 1. The maximum absolute atomic E-state index is 12.5. The van der Waals surface area contributed by atoms with Crippen LogP contribution in [0.4, 0.5) is 0 Å². The average Bonchev–Trinajstić information content (AvgIpc) is 3.28. The largest absolute Gasteiger partial charge is 0.351 e. The van der Waals surface area contributed by atoms with Gasteiger partial charge < -0.3 is 10.2 Å². The number of hydrogen-bond donors (Lipinski definition) is 1. The Morgan fingerprint density at radius 1 is 0.968 bits per heavy atom. The number of carbonyl (C=O) groups is 1. The Morgan fingerprint density at radius 3 is 2.32 bits per heavy atom. The first-order valence-corrected chi connectivity index (χ1v) is 12.2. The van der Waals surface area contributed by atoms with Crippen molar-refractivity contribution >= 4 is 27.3 Å².